The van der Waals surface area contributed by atoms with Gasteiger partial charge in [0.05, 0.1) is 5.56 Å². The summed E-state index contributed by atoms with van der Waals surface area (Å²) in [6.45, 7) is 3.05. The molecule has 0 bridgehead atoms. The van der Waals surface area contributed by atoms with Crippen LogP contribution in [0.3, 0.4) is 0 Å². The Bertz CT molecular complexity index is 350. The van der Waals surface area contributed by atoms with E-state index in [4.69, 9.17) is 0 Å². The van der Waals surface area contributed by atoms with Crippen LogP contribution in [0, 0.1) is 0 Å². The Morgan fingerprint density at radius 2 is 2.44 bits per heavy atom. The summed E-state index contributed by atoms with van der Waals surface area (Å²) < 4.78 is 0. The minimum atomic E-state index is 0.139. The van der Waals surface area contributed by atoms with Crippen LogP contribution in [-0.4, -0.2) is 28.4 Å². The van der Waals surface area contributed by atoms with Crippen molar-refractivity contribution in [2.75, 3.05) is 6.54 Å². The molecule has 16 heavy (non-hydrogen) atoms. The van der Waals surface area contributed by atoms with Gasteiger partial charge in [0.15, 0.2) is 0 Å². The second kappa shape index (κ2) is 5.10. The average Bonchev–Trinajstić information content (AvgIpc) is 2.39. The third-order valence-corrected chi connectivity index (χ3v) is 3.27. The number of aromatic nitrogens is 1. The lowest BCUT2D eigenvalue weighted by Gasteiger charge is -2.35. The van der Waals surface area contributed by atoms with E-state index in [1.807, 2.05) is 17.0 Å². The van der Waals surface area contributed by atoms with E-state index in [-0.39, 0.29) is 5.91 Å². The molecule has 3 heteroatoms. The molecule has 0 radical (unpaired) electrons. The first-order chi connectivity index (χ1) is 7.83. The van der Waals surface area contributed by atoms with Crippen molar-refractivity contribution < 1.29 is 4.79 Å². The van der Waals surface area contributed by atoms with Crippen LogP contribution in [0.4, 0.5) is 0 Å². The summed E-state index contributed by atoms with van der Waals surface area (Å²) >= 11 is 0. The van der Waals surface area contributed by atoms with E-state index in [9.17, 15) is 4.79 Å². The van der Waals surface area contributed by atoms with Crippen molar-refractivity contribution in [1.29, 1.82) is 0 Å². The Morgan fingerprint density at radius 3 is 3.12 bits per heavy atom. The zero-order valence-electron chi connectivity index (χ0n) is 9.72. The van der Waals surface area contributed by atoms with Gasteiger partial charge in [-0.2, -0.15) is 0 Å². The van der Waals surface area contributed by atoms with Gasteiger partial charge in [0, 0.05) is 25.0 Å². The Balaban J connectivity index is 2.14. The molecule has 1 aliphatic heterocycles. The van der Waals surface area contributed by atoms with Crippen molar-refractivity contribution in [1.82, 2.24) is 9.88 Å². The molecule has 0 aromatic carbocycles. The lowest BCUT2D eigenvalue weighted by molar-refractivity contribution is 0.0607. The molecule has 0 spiro atoms. The van der Waals surface area contributed by atoms with Crippen molar-refractivity contribution in [3.05, 3.63) is 30.1 Å². The van der Waals surface area contributed by atoms with Gasteiger partial charge < -0.3 is 4.90 Å². The standard InChI is InChI=1S/C13H18N2O/c1-2-12-7-3-4-9-15(12)13(16)11-6-5-8-14-10-11/h5-6,8,10,12H,2-4,7,9H2,1H3/t12-/m0/s1. The summed E-state index contributed by atoms with van der Waals surface area (Å²) in [5, 5.41) is 0. The predicted octanol–water partition coefficient (Wildman–Crippen LogP) is 2.49. The Hall–Kier alpha value is -1.38. The Labute approximate surface area is 96.5 Å². The van der Waals surface area contributed by atoms with Crippen LogP contribution in [0.1, 0.15) is 43.0 Å². The minimum absolute atomic E-state index is 0.139. The van der Waals surface area contributed by atoms with Crippen LogP contribution in [0.5, 0.6) is 0 Å². The van der Waals surface area contributed by atoms with Gasteiger partial charge in [-0.05, 0) is 37.8 Å². The highest BCUT2D eigenvalue weighted by atomic mass is 16.2. The number of rotatable bonds is 2. The number of hydrogen-bond acceptors (Lipinski definition) is 2. The second-order valence-corrected chi connectivity index (χ2v) is 4.30. The van der Waals surface area contributed by atoms with Crippen molar-refractivity contribution >= 4 is 5.91 Å². The molecule has 0 saturated carbocycles. The molecule has 1 saturated heterocycles. The number of hydrogen-bond donors (Lipinski definition) is 0. The zero-order valence-corrected chi connectivity index (χ0v) is 9.72. The number of likely N-dealkylation sites (tertiary alicyclic amines) is 1. The maximum Gasteiger partial charge on any atom is 0.255 e. The van der Waals surface area contributed by atoms with Crippen LogP contribution >= 0.6 is 0 Å². The lowest BCUT2D eigenvalue weighted by Crippen LogP contribution is -2.43. The molecule has 0 aliphatic carbocycles. The lowest BCUT2D eigenvalue weighted by atomic mass is 9.99. The van der Waals surface area contributed by atoms with E-state index in [1.54, 1.807) is 12.4 Å². The van der Waals surface area contributed by atoms with Crippen LogP contribution in [0.15, 0.2) is 24.5 Å². The van der Waals surface area contributed by atoms with Crippen LogP contribution in [0.2, 0.25) is 0 Å². The molecule has 1 amide bonds. The second-order valence-electron chi connectivity index (χ2n) is 4.30. The highest BCUT2D eigenvalue weighted by molar-refractivity contribution is 5.94. The van der Waals surface area contributed by atoms with Crippen molar-refractivity contribution in [3.63, 3.8) is 0 Å². The fourth-order valence-electron chi connectivity index (χ4n) is 2.35. The first-order valence-electron chi connectivity index (χ1n) is 6.04. The number of piperidine rings is 1. The minimum Gasteiger partial charge on any atom is -0.336 e. The van der Waals surface area contributed by atoms with E-state index in [0.717, 1.165) is 25.8 Å². The van der Waals surface area contributed by atoms with Gasteiger partial charge in [-0.25, -0.2) is 0 Å². The monoisotopic (exact) mass is 218 g/mol. The molecule has 0 N–H and O–H groups in total. The normalized spacial score (nSPS) is 20.8. The van der Waals surface area contributed by atoms with Gasteiger partial charge in [0.1, 0.15) is 0 Å². The summed E-state index contributed by atoms with van der Waals surface area (Å²) in [7, 11) is 0. The van der Waals surface area contributed by atoms with Gasteiger partial charge >= 0.3 is 0 Å². The highest BCUT2D eigenvalue weighted by Gasteiger charge is 2.25. The molecule has 3 nitrogen and oxygen atoms in total. The number of carbonyl (C=O) groups excluding carboxylic acids is 1. The van der Waals surface area contributed by atoms with Crippen LogP contribution in [-0.2, 0) is 0 Å². The van der Waals surface area contributed by atoms with Crippen LogP contribution in [0.25, 0.3) is 0 Å². The van der Waals surface area contributed by atoms with Crippen molar-refractivity contribution in [2.24, 2.45) is 0 Å². The summed E-state index contributed by atoms with van der Waals surface area (Å²) in [6, 6.07) is 4.08. The smallest absolute Gasteiger partial charge is 0.255 e. The molecule has 0 unspecified atom stereocenters. The average molecular weight is 218 g/mol. The maximum absolute atomic E-state index is 12.3. The quantitative estimate of drug-likeness (QED) is 0.764. The SMILES string of the molecule is CC[C@H]1CCCCN1C(=O)c1cccnc1. The molecule has 2 heterocycles. The van der Waals surface area contributed by atoms with E-state index in [2.05, 4.69) is 11.9 Å². The molecule has 1 atom stereocenters. The van der Waals surface area contributed by atoms with Gasteiger partial charge in [-0.15, -0.1) is 0 Å². The number of amides is 1. The zero-order chi connectivity index (χ0) is 11.4. The molecule has 1 aliphatic rings. The summed E-state index contributed by atoms with van der Waals surface area (Å²) in [6.07, 6.45) is 7.92. The Kier molecular flexibility index (Phi) is 3.54. The van der Waals surface area contributed by atoms with E-state index in [0.29, 0.717) is 11.6 Å². The fraction of sp³-hybridized carbons (Fsp3) is 0.538. The molecule has 86 valence electrons. The topological polar surface area (TPSA) is 33.2 Å². The van der Waals surface area contributed by atoms with Crippen molar-refractivity contribution in [2.45, 2.75) is 38.6 Å². The van der Waals surface area contributed by atoms with Gasteiger partial charge in [-0.1, -0.05) is 6.92 Å². The van der Waals surface area contributed by atoms with Gasteiger partial charge in [0.25, 0.3) is 5.91 Å². The number of nitrogens with zero attached hydrogens (tertiary/aromatic N) is 2. The third-order valence-electron chi connectivity index (χ3n) is 3.27. The Morgan fingerprint density at radius 1 is 1.56 bits per heavy atom. The summed E-state index contributed by atoms with van der Waals surface area (Å²) in [5.41, 5.74) is 0.711. The highest BCUT2D eigenvalue weighted by Crippen LogP contribution is 2.21. The first-order valence-corrected chi connectivity index (χ1v) is 6.04. The molecule has 1 aromatic heterocycles. The van der Waals surface area contributed by atoms with E-state index >= 15 is 0 Å². The van der Waals surface area contributed by atoms with Gasteiger partial charge in [-0.3, -0.25) is 9.78 Å². The molecular weight excluding hydrogens is 200 g/mol. The number of carbonyl (C=O) groups is 1. The summed E-state index contributed by atoms with van der Waals surface area (Å²) in [4.78, 5) is 18.3. The maximum atomic E-state index is 12.3. The molecule has 1 aromatic rings. The first kappa shape index (κ1) is 11.1. The van der Waals surface area contributed by atoms with Gasteiger partial charge in [0.2, 0.25) is 0 Å². The third kappa shape index (κ3) is 2.23. The van der Waals surface area contributed by atoms with E-state index < -0.39 is 0 Å². The summed E-state index contributed by atoms with van der Waals surface area (Å²) in [5.74, 6) is 0.139. The molecule has 2 rings (SSSR count). The molecular formula is C13H18N2O. The fourth-order valence-corrected chi connectivity index (χ4v) is 2.35. The largest absolute Gasteiger partial charge is 0.336 e. The molecule has 1 fully saturated rings. The van der Waals surface area contributed by atoms with Crippen molar-refractivity contribution in [3.8, 4) is 0 Å². The predicted molar refractivity (Wildman–Crippen MR) is 63.2 cm³/mol. The van der Waals surface area contributed by atoms with Crippen LogP contribution < -0.4 is 0 Å². The van der Waals surface area contributed by atoms with E-state index in [1.165, 1.54) is 6.42 Å². The number of pyridine rings is 1.